The van der Waals surface area contributed by atoms with Gasteiger partial charge in [0.2, 0.25) is 0 Å². The largest absolute Gasteiger partial charge is 0.0625 e. The van der Waals surface area contributed by atoms with Gasteiger partial charge in [0, 0.05) is 0 Å². The molecule has 0 fully saturated rings. The zero-order valence-corrected chi connectivity index (χ0v) is 11.3. The third kappa shape index (κ3) is 7.45. The fraction of sp³-hybridized carbons (Fsp3) is 0.222. The number of rotatable bonds is 2. The van der Waals surface area contributed by atoms with Crippen molar-refractivity contribution in [2.24, 2.45) is 5.92 Å². The number of hydrogen-bond donors (Lipinski definition) is 0. The lowest BCUT2D eigenvalue weighted by atomic mass is 10.0. The van der Waals surface area contributed by atoms with E-state index >= 15 is 0 Å². The first-order chi connectivity index (χ1) is 8.79. The van der Waals surface area contributed by atoms with E-state index in [1.165, 1.54) is 5.56 Å². The van der Waals surface area contributed by atoms with Crippen molar-refractivity contribution in [3.05, 3.63) is 84.4 Å². The Morgan fingerprint density at radius 1 is 0.611 bits per heavy atom. The molecule has 0 saturated heterocycles. The Kier molecular flexibility index (Phi) is 7.31. The van der Waals surface area contributed by atoms with Crippen LogP contribution in [0, 0.1) is 5.92 Å². The highest BCUT2D eigenvalue weighted by Gasteiger charge is 1.93. The third-order valence-corrected chi connectivity index (χ3v) is 2.38. The highest BCUT2D eigenvalue weighted by molar-refractivity contribution is 5.11. The van der Waals surface area contributed by atoms with E-state index in [-0.39, 0.29) is 0 Å². The fourth-order valence-electron chi connectivity index (χ4n) is 1.60. The van der Waals surface area contributed by atoms with Crippen molar-refractivity contribution >= 4 is 0 Å². The molecule has 0 N–H and O–H groups in total. The summed E-state index contributed by atoms with van der Waals surface area (Å²) in [6.45, 7) is 4.49. The molecule has 0 atom stereocenters. The molecule has 94 valence electrons. The van der Waals surface area contributed by atoms with E-state index in [1.807, 2.05) is 42.5 Å². The van der Waals surface area contributed by atoms with Crippen LogP contribution in [0.5, 0.6) is 0 Å². The second kappa shape index (κ2) is 9.23. The van der Waals surface area contributed by atoms with E-state index in [0.717, 1.165) is 6.42 Å². The molecular weight excluding hydrogens is 216 g/mol. The molecule has 0 nitrogen and oxygen atoms in total. The topological polar surface area (TPSA) is 0 Å². The fourth-order valence-corrected chi connectivity index (χ4v) is 1.60. The van der Waals surface area contributed by atoms with Crippen LogP contribution in [0.1, 0.15) is 19.4 Å². The zero-order chi connectivity index (χ0) is 13.1. The Bertz CT molecular complexity index is 409. The molecule has 0 aromatic heterocycles. The Labute approximate surface area is 111 Å². The smallest absolute Gasteiger partial charge is 0.0256 e. The van der Waals surface area contributed by atoms with E-state index < -0.39 is 0 Å². The van der Waals surface area contributed by atoms with Crippen molar-refractivity contribution < 1.29 is 0 Å². The van der Waals surface area contributed by atoms with Gasteiger partial charge in [0.15, 0.2) is 0 Å². The molecule has 0 unspecified atom stereocenters. The lowest BCUT2D eigenvalue weighted by Crippen LogP contribution is -1.91. The second-order valence-corrected chi connectivity index (χ2v) is 4.62. The van der Waals surface area contributed by atoms with Crippen LogP contribution in [0.25, 0.3) is 0 Å². The van der Waals surface area contributed by atoms with Crippen LogP contribution in [0.2, 0.25) is 0 Å². The molecule has 0 aliphatic carbocycles. The van der Waals surface area contributed by atoms with Gasteiger partial charge >= 0.3 is 0 Å². The van der Waals surface area contributed by atoms with Crippen molar-refractivity contribution in [3.63, 3.8) is 0 Å². The van der Waals surface area contributed by atoms with Crippen LogP contribution >= 0.6 is 0 Å². The van der Waals surface area contributed by atoms with E-state index in [9.17, 15) is 0 Å². The molecular formula is C18H22. The average Bonchev–Trinajstić information content (AvgIpc) is 2.33. The molecule has 0 heteroatoms. The van der Waals surface area contributed by atoms with Gasteiger partial charge in [-0.15, -0.1) is 0 Å². The maximum absolute atomic E-state index is 2.24. The standard InChI is InChI=1S/C18H22/c1-17(2)16-18-14-12-10-8-6-4-3-5-7-9-11-13-15-18/h3-15,17H,16H2,1-2H3. The molecule has 18 heavy (non-hydrogen) atoms. The minimum atomic E-state index is 0.676. The van der Waals surface area contributed by atoms with Gasteiger partial charge in [-0.25, -0.2) is 0 Å². The van der Waals surface area contributed by atoms with Crippen LogP contribution in [-0.4, -0.2) is 0 Å². The van der Waals surface area contributed by atoms with Crippen molar-refractivity contribution in [3.8, 4) is 0 Å². The minimum Gasteiger partial charge on any atom is -0.0625 e. The van der Waals surface area contributed by atoms with Crippen LogP contribution in [0.4, 0.5) is 0 Å². The van der Waals surface area contributed by atoms with Crippen molar-refractivity contribution in [1.29, 1.82) is 0 Å². The van der Waals surface area contributed by atoms with E-state index in [2.05, 4.69) is 50.2 Å². The van der Waals surface area contributed by atoms with Gasteiger partial charge in [0.25, 0.3) is 0 Å². The first kappa shape index (κ1) is 14.2. The first-order valence-electron chi connectivity index (χ1n) is 6.49. The summed E-state index contributed by atoms with van der Waals surface area (Å²) in [5, 5.41) is 0. The maximum Gasteiger partial charge on any atom is -0.0256 e. The van der Waals surface area contributed by atoms with Gasteiger partial charge in [-0.2, -0.15) is 0 Å². The van der Waals surface area contributed by atoms with Gasteiger partial charge in [0.05, 0.1) is 0 Å². The van der Waals surface area contributed by atoms with Crippen molar-refractivity contribution in [2.75, 3.05) is 0 Å². The lowest BCUT2D eigenvalue weighted by molar-refractivity contribution is 0.647. The summed E-state index contributed by atoms with van der Waals surface area (Å²) in [5.74, 6) is 0.676. The molecule has 0 radical (unpaired) electrons. The Hall–Kier alpha value is -1.82. The summed E-state index contributed by atoms with van der Waals surface area (Å²) in [6.07, 6.45) is 1.11. The summed E-state index contributed by atoms with van der Waals surface area (Å²) in [7, 11) is 0. The summed E-state index contributed by atoms with van der Waals surface area (Å²) in [6, 6.07) is 26.9. The van der Waals surface area contributed by atoms with E-state index in [1.54, 1.807) is 0 Å². The van der Waals surface area contributed by atoms with Crippen LogP contribution in [0.15, 0.2) is 78.9 Å². The van der Waals surface area contributed by atoms with Gasteiger partial charge in [-0.3, -0.25) is 0 Å². The maximum atomic E-state index is 2.24. The monoisotopic (exact) mass is 238 g/mol. The third-order valence-electron chi connectivity index (χ3n) is 2.38. The van der Waals surface area contributed by atoms with Crippen LogP contribution in [-0.2, 0) is 6.42 Å². The molecule has 0 spiro atoms. The van der Waals surface area contributed by atoms with E-state index in [0.29, 0.717) is 5.92 Å². The van der Waals surface area contributed by atoms with Gasteiger partial charge in [-0.05, 0) is 17.9 Å². The Morgan fingerprint density at radius 3 is 1.28 bits per heavy atom. The molecule has 1 rings (SSSR count). The van der Waals surface area contributed by atoms with Crippen LogP contribution < -0.4 is 0 Å². The van der Waals surface area contributed by atoms with E-state index in [4.69, 9.17) is 0 Å². The number of hydrogen-bond acceptors (Lipinski definition) is 0. The van der Waals surface area contributed by atoms with Gasteiger partial charge in [-0.1, -0.05) is 92.7 Å². The SMILES string of the molecule is CC(C)Cc1ccccccccccccc1. The van der Waals surface area contributed by atoms with Crippen molar-refractivity contribution in [1.82, 2.24) is 0 Å². The molecule has 0 aliphatic rings. The van der Waals surface area contributed by atoms with Gasteiger partial charge < -0.3 is 0 Å². The lowest BCUT2D eigenvalue weighted by Gasteiger charge is -2.01. The molecule has 0 heterocycles. The van der Waals surface area contributed by atoms with Crippen molar-refractivity contribution in [2.45, 2.75) is 20.3 Å². The molecule has 1 aromatic carbocycles. The summed E-state index contributed by atoms with van der Waals surface area (Å²) < 4.78 is 0. The normalized spacial score (nSPS) is 9.28. The Morgan fingerprint density at radius 2 is 0.944 bits per heavy atom. The molecule has 1 aromatic rings. The first-order valence-corrected chi connectivity index (χ1v) is 6.49. The predicted molar refractivity (Wildman–Crippen MR) is 80.2 cm³/mol. The molecule has 0 aliphatic heterocycles. The highest BCUT2D eigenvalue weighted by atomic mass is 14.0. The quantitative estimate of drug-likeness (QED) is 0.669. The second-order valence-electron chi connectivity index (χ2n) is 4.62. The predicted octanol–water partition coefficient (Wildman–Crippen LogP) is 5.13. The average molecular weight is 238 g/mol. The summed E-state index contributed by atoms with van der Waals surface area (Å²) in [5.41, 5.74) is 1.36. The van der Waals surface area contributed by atoms with Crippen LogP contribution in [0.3, 0.4) is 0 Å². The molecule has 0 saturated carbocycles. The summed E-state index contributed by atoms with van der Waals surface area (Å²) in [4.78, 5) is 0. The zero-order valence-electron chi connectivity index (χ0n) is 11.3. The summed E-state index contributed by atoms with van der Waals surface area (Å²) >= 11 is 0. The Balaban J connectivity index is 3.10. The van der Waals surface area contributed by atoms with Gasteiger partial charge in [0.1, 0.15) is 0 Å². The minimum absolute atomic E-state index is 0.676. The molecule has 0 amide bonds. The molecule has 0 bridgehead atoms. The highest BCUT2D eigenvalue weighted by Crippen LogP contribution is 2.04.